The molecule has 0 aliphatic carbocycles. The van der Waals surface area contributed by atoms with Gasteiger partial charge in [0.05, 0.1) is 0 Å². The standard InChI is InChI=1S/C13H17N3O2S/c1-2-14-13-12(15-16-19-13)9-18-11-5-3-10(4-6-11)7-8-17/h3-6,14,17H,2,7-9H2,1H3. The number of rotatable bonds is 7. The number of nitrogens with zero attached hydrogens (tertiary/aromatic N) is 2. The van der Waals surface area contributed by atoms with Crippen LogP contribution in [0, 0.1) is 0 Å². The van der Waals surface area contributed by atoms with Crippen LogP contribution in [0.15, 0.2) is 24.3 Å². The van der Waals surface area contributed by atoms with E-state index >= 15 is 0 Å². The molecule has 0 bridgehead atoms. The highest BCUT2D eigenvalue weighted by Gasteiger charge is 2.07. The maximum absolute atomic E-state index is 8.85. The van der Waals surface area contributed by atoms with Crippen LogP contribution in [-0.2, 0) is 13.0 Å². The Labute approximate surface area is 116 Å². The van der Waals surface area contributed by atoms with Gasteiger partial charge in [-0.05, 0) is 31.0 Å². The van der Waals surface area contributed by atoms with Gasteiger partial charge in [0.2, 0.25) is 0 Å². The summed E-state index contributed by atoms with van der Waals surface area (Å²) >= 11 is 1.34. The minimum Gasteiger partial charge on any atom is -0.487 e. The van der Waals surface area contributed by atoms with Gasteiger partial charge in [0.15, 0.2) is 0 Å². The largest absolute Gasteiger partial charge is 0.487 e. The van der Waals surface area contributed by atoms with E-state index in [0.717, 1.165) is 28.6 Å². The van der Waals surface area contributed by atoms with E-state index in [-0.39, 0.29) is 6.61 Å². The zero-order chi connectivity index (χ0) is 13.5. The van der Waals surface area contributed by atoms with E-state index < -0.39 is 0 Å². The second-order valence-corrected chi connectivity index (χ2v) is 4.74. The van der Waals surface area contributed by atoms with Gasteiger partial charge >= 0.3 is 0 Å². The highest BCUT2D eigenvalue weighted by Crippen LogP contribution is 2.20. The first-order valence-corrected chi connectivity index (χ1v) is 6.98. The van der Waals surface area contributed by atoms with Gasteiger partial charge in [-0.1, -0.05) is 16.6 Å². The van der Waals surface area contributed by atoms with Crippen LogP contribution >= 0.6 is 11.5 Å². The molecule has 6 heteroatoms. The van der Waals surface area contributed by atoms with Crippen molar-refractivity contribution in [1.29, 1.82) is 0 Å². The lowest BCUT2D eigenvalue weighted by Crippen LogP contribution is -2.02. The van der Waals surface area contributed by atoms with Crippen molar-refractivity contribution in [2.75, 3.05) is 18.5 Å². The molecule has 0 atom stereocenters. The van der Waals surface area contributed by atoms with Gasteiger partial charge in [-0.3, -0.25) is 0 Å². The summed E-state index contributed by atoms with van der Waals surface area (Å²) in [6.07, 6.45) is 0.668. The molecule has 0 spiro atoms. The summed E-state index contributed by atoms with van der Waals surface area (Å²) in [6, 6.07) is 7.71. The van der Waals surface area contributed by atoms with Crippen molar-refractivity contribution >= 4 is 16.5 Å². The van der Waals surface area contributed by atoms with Gasteiger partial charge in [0.1, 0.15) is 23.1 Å². The summed E-state index contributed by atoms with van der Waals surface area (Å²) < 4.78 is 9.59. The molecule has 0 unspecified atom stereocenters. The smallest absolute Gasteiger partial charge is 0.136 e. The average molecular weight is 279 g/mol. The molecule has 19 heavy (non-hydrogen) atoms. The van der Waals surface area contributed by atoms with Crippen LogP contribution in [0.4, 0.5) is 5.00 Å². The molecule has 1 aromatic heterocycles. The van der Waals surface area contributed by atoms with Gasteiger partial charge in [0.25, 0.3) is 0 Å². The Kier molecular flexibility index (Phi) is 5.11. The molecule has 5 nitrogen and oxygen atoms in total. The molecule has 0 fully saturated rings. The van der Waals surface area contributed by atoms with Crippen LogP contribution in [0.25, 0.3) is 0 Å². The Morgan fingerprint density at radius 2 is 2.11 bits per heavy atom. The number of aliphatic hydroxyl groups excluding tert-OH is 1. The maximum atomic E-state index is 8.85. The predicted molar refractivity (Wildman–Crippen MR) is 75.6 cm³/mol. The van der Waals surface area contributed by atoms with Crippen molar-refractivity contribution in [3.63, 3.8) is 0 Å². The van der Waals surface area contributed by atoms with Crippen LogP contribution in [0.2, 0.25) is 0 Å². The minimum absolute atomic E-state index is 0.163. The molecule has 0 saturated heterocycles. The fourth-order valence-corrected chi connectivity index (χ4v) is 2.27. The molecule has 0 aliphatic rings. The molecule has 102 valence electrons. The monoisotopic (exact) mass is 279 g/mol. The van der Waals surface area contributed by atoms with Gasteiger partial charge in [-0.15, -0.1) is 5.10 Å². The van der Waals surface area contributed by atoms with Crippen molar-refractivity contribution in [2.24, 2.45) is 0 Å². The number of anilines is 1. The average Bonchev–Trinajstić information content (AvgIpc) is 2.86. The summed E-state index contributed by atoms with van der Waals surface area (Å²) in [5.41, 5.74) is 1.92. The van der Waals surface area contributed by atoms with E-state index in [2.05, 4.69) is 14.9 Å². The van der Waals surface area contributed by atoms with Gasteiger partial charge in [-0.25, -0.2) is 0 Å². The van der Waals surface area contributed by atoms with Crippen molar-refractivity contribution < 1.29 is 9.84 Å². The van der Waals surface area contributed by atoms with Crippen molar-refractivity contribution in [2.45, 2.75) is 20.0 Å². The second-order valence-electron chi connectivity index (χ2n) is 3.99. The summed E-state index contributed by atoms with van der Waals surface area (Å²) in [5, 5.41) is 17.1. The molecular weight excluding hydrogens is 262 g/mol. The van der Waals surface area contributed by atoms with Gasteiger partial charge in [0, 0.05) is 24.7 Å². The van der Waals surface area contributed by atoms with Gasteiger partial charge in [-0.2, -0.15) is 0 Å². The van der Waals surface area contributed by atoms with E-state index in [1.54, 1.807) is 0 Å². The fraction of sp³-hybridized carbons (Fsp3) is 0.385. The van der Waals surface area contributed by atoms with Crippen LogP contribution in [0.5, 0.6) is 5.75 Å². The molecule has 0 aliphatic heterocycles. The van der Waals surface area contributed by atoms with E-state index in [4.69, 9.17) is 9.84 Å². The molecule has 0 saturated carbocycles. The zero-order valence-corrected chi connectivity index (χ0v) is 11.6. The number of nitrogens with one attached hydrogen (secondary N) is 1. The second kappa shape index (κ2) is 7.06. The normalized spacial score (nSPS) is 10.4. The summed E-state index contributed by atoms with van der Waals surface area (Å²) in [6.45, 7) is 3.44. The number of hydrogen-bond donors (Lipinski definition) is 2. The SMILES string of the molecule is CCNc1snnc1COc1ccc(CCO)cc1. The third-order valence-corrected chi connectivity index (χ3v) is 3.32. The quantitative estimate of drug-likeness (QED) is 0.812. The molecule has 1 aromatic carbocycles. The first kappa shape index (κ1) is 13.8. The Hall–Kier alpha value is -1.66. The minimum atomic E-state index is 0.163. The molecule has 1 heterocycles. The van der Waals surface area contributed by atoms with Crippen LogP contribution in [0.1, 0.15) is 18.2 Å². The molecule has 2 rings (SSSR count). The lowest BCUT2D eigenvalue weighted by atomic mass is 10.1. The molecular formula is C13H17N3O2S. The van der Waals surface area contributed by atoms with Crippen molar-refractivity contribution in [1.82, 2.24) is 9.59 Å². The maximum Gasteiger partial charge on any atom is 0.136 e. The molecule has 2 aromatic rings. The highest BCUT2D eigenvalue weighted by atomic mass is 32.1. The number of aromatic nitrogens is 2. The molecule has 0 amide bonds. The first-order valence-electron chi connectivity index (χ1n) is 6.21. The van der Waals surface area contributed by atoms with Crippen molar-refractivity contribution in [3.05, 3.63) is 35.5 Å². The van der Waals surface area contributed by atoms with Crippen LogP contribution in [-0.4, -0.2) is 27.8 Å². The Morgan fingerprint density at radius 1 is 1.32 bits per heavy atom. The summed E-state index contributed by atoms with van der Waals surface area (Å²) in [4.78, 5) is 0. The van der Waals surface area contributed by atoms with E-state index in [1.807, 2.05) is 31.2 Å². The topological polar surface area (TPSA) is 67.3 Å². The number of benzene rings is 1. The fourth-order valence-electron chi connectivity index (χ4n) is 1.63. The number of hydrogen-bond acceptors (Lipinski definition) is 6. The first-order chi connectivity index (χ1) is 9.33. The Balaban J connectivity index is 1.92. The molecule has 2 N–H and O–H groups in total. The van der Waals surface area contributed by atoms with Crippen LogP contribution < -0.4 is 10.1 Å². The lowest BCUT2D eigenvalue weighted by Gasteiger charge is -2.06. The van der Waals surface area contributed by atoms with Crippen LogP contribution in [0.3, 0.4) is 0 Å². The number of ether oxygens (including phenoxy) is 1. The molecule has 0 radical (unpaired) electrons. The Morgan fingerprint density at radius 3 is 2.79 bits per heavy atom. The Bertz CT molecular complexity index is 499. The summed E-state index contributed by atoms with van der Waals surface area (Å²) in [7, 11) is 0. The summed E-state index contributed by atoms with van der Waals surface area (Å²) in [5.74, 6) is 0.789. The predicted octanol–water partition coefficient (Wildman–Crippen LogP) is 2.08. The van der Waals surface area contributed by atoms with Crippen molar-refractivity contribution in [3.8, 4) is 5.75 Å². The third-order valence-electron chi connectivity index (χ3n) is 2.59. The number of aliphatic hydroxyl groups is 1. The third kappa shape index (κ3) is 3.90. The lowest BCUT2D eigenvalue weighted by molar-refractivity contribution is 0.297. The highest BCUT2D eigenvalue weighted by molar-refractivity contribution is 7.10. The van der Waals surface area contributed by atoms with Gasteiger partial charge < -0.3 is 15.2 Å². The van der Waals surface area contributed by atoms with E-state index in [0.29, 0.717) is 13.0 Å². The van der Waals surface area contributed by atoms with E-state index in [1.165, 1.54) is 11.5 Å². The zero-order valence-electron chi connectivity index (χ0n) is 10.8. The van der Waals surface area contributed by atoms with E-state index in [9.17, 15) is 0 Å².